The maximum atomic E-state index is 13.0. The fraction of sp³-hybridized carbons (Fsp3) is 0.423. The maximum absolute atomic E-state index is 13.0. The van der Waals surface area contributed by atoms with Crippen molar-refractivity contribution in [1.82, 2.24) is 10.3 Å². The Balaban J connectivity index is 1.20. The van der Waals surface area contributed by atoms with Crippen molar-refractivity contribution in [2.24, 2.45) is 17.8 Å². The molecule has 2 aliphatic carbocycles. The van der Waals surface area contributed by atoms with E-state index in [9.17, 15) is 9.59 Å². The van der Waals surface area contributed by atoms with Gasteiger partial charge in [0, 0.05) is 16.6 Å². The lowest BCUT2D eigenvalue weighted by Crippen LogP contribution is -2.40. The number of hydrogen-bond donors (Lipinski definition) is 2. The highest BCUT2D eigenvalue weighted by atomic mass is 32.2. The number of nitrogens with one attached hydrogen (secondary N) is 2. The molecule has 7 heteroatoms. The largest absolute Gasteiger partial charge is 0.353 e. The number of thiazole rings is 1. The molecule has 0 radical (unpaired) electrons. The molecule has 1 heterocycles. The highest BCUT2D eigenvalue weighted by molar-refractivity contribution is 8.00. The summed E-state index contributed by atoms with van der Waals surface area (Å²) in [4.78, 5) is 30.9. The van der Waals surface area contributed by atoms with Crippen molar-refractivity contribution in [2.75, 3.05) is 11.1 Å². The van der Waals surface area contributed by atoms with Gasteiger partial charge in [-0.3, -0.25) is 9.59 Å². The monoisotopic (exact) mass is 479 g/mol. The SMILES string of the molecule is Cc1nc2ccc(NC(=O)c3ccccc3SCC(=O)N[C@@H](C)[C@H]3C[C@H]4CC[C@H]3C4)cc2s1. The van der Waals surface area contributed by atoms with E-state index >= 15 is 0 Å². The van der Waals surface area contributed by atoms with Crippen molar-refractivity contribution in [3.63, 3.8) is 0 Å². The summed E-state index contributed by atoms with van der Waals surface area (Å²) in [5.41, 5.74) is 2.27. The number of carbonyl (C=O) groups excluding carboxylic acids is 2. The molecule has 5 nitrogen and oxygen atoms in total. The average Bonchev–Trinajstić information content (AvgIpc) is 3.52. The second kappa shape index (κ2) is 9.47. The molecule has 2 aliphatic rings. The van der Waals surface area contributed by atoms with Crippen LogP contribution in [0.25, 0.3) is 10.2 Å². The third kappa shape index (κ3) is 4.94. The summed E-state index contributed by atoms with van der Waals surface area (Å²) in [6.45, 7) is 4.13. The molecule has 2 bridgehead atoms. The van der Waals surface area contributed by atoms with Gasteiger partial charge in [0.15, 0.2) is 0 Å². The molecule has 2 N–H and O–H groups in total. The van der Waals surface area contributed by atoms with E-state index in [-0.39, 0.29) is 17.9 Å². The summed E-state index contributed by atoms with van der Waals surface area (Å²) >= 11 is 3.03. The summed E-state index contributed by atoms with van der Waals surface area (Å²) in [6, 6.07) is 13.4. The van der Waals surface area contributed by atoms with E-state index in [1.165, 1.54) is 37.4 Å². The van der Waals surface area contributed by atoms with Gasteiger partial charge >= 0.3 is 0 Å². The molecule has 2 saturated carbocycles. The lowest BCUT2D eigenvalue weighted by Gasteiger charge is -2.28. The number of benzene rings is 2. The minimum atomic E-state index is -0.172. The second-order valence-corrected chi connectivity index (χ2v) is 11.6. The lowest BCUT2D eigenvalue weighted by atomic mass is 9.84. The third-order valence-corrected chi connectivity index (χ3v) is 9.07. The Labute approximate surface area is 202 Å². The first-order valence-electron chi connectivity index (χ1n) is 11.7. The van der Waals surface area contributed by atoms with Crippen LogP contribution in [0.15, 0.2) is 47.4 Å². The minimum absolute atomic E-state index is 0.0384. The van der Waals surface area contributed by atoms with Gasteiger partial charge in [0.25, 0.3) is 5.91 Å². The van der Waals surface area contributed by atoms with Crippen molar-refractivity contribution >= 4 is 50.8 Å². The van der Waals surface area contributed by atoms with Crippen LogP contribution < -0.4 is 10.6 Å². The Morgan fingerprint density at radius 3 is 2.82 bits per heavy atom. The Morgan fingerprint density at radius 1 is 1.18 bits per heavy atom. The van der Waals surface area contributed by atoms with Crippen LogP contribution in [-0.2, 0) is 4.79 Å². The van der Waals surface area contributed by atoms with Gasteiger partial charge in [0.1, 0.15) is 0 Å². The van der Waals surface area contributed by atoms with E-state index in [0.29, 0.717) is 17.2 Å². The van der Waals surface area contributed by atoms with Crippen LogP contribution in [-0.4, -0.2) is 28.6 Å². The number of amides is 2. The maximum Gasteiger partial charge on any atom is 0.256 e. The molecule has 2 aromatic carbocycles. The van der Waals surface area contributed by atoms with Crippen LogP contribution in [0.5, 0.6) is 0 Å². The average molecular weight is 480 g/mol. The fourth-order valence-electron chi connectivity index (χ4n) is 5.55. The van der Waals surface area contributed by atoms with Gasteiger partial charge in [-0.05, 0) is 81.2 Å². The van der Waals surface area contributed by atoms with E-state index in [1.807, 2.05) is 49.4 Å². The van der Waals surface area contributed by atoms with Gasteiger partial charge in [0.2, 0.25) is 5.91 Å². The first-order valence-corrected chi connectivity index (χ1v) is 13.5. The zero-order valence-electron chi connectivity index (χ0n) is 19.0. The van der Waals surface area contributed by atoms with E-state index < -0.39 is 0 Å². The standard InChI is InChI=1S/C26H29N3O2S2/c1-15(21-12-17-7-8-18(21)11-17)27-25(30)14-32-23-6-4-3-5-20(23)26(31)29-19-9-10-22-24(13-19)33-16(2)28-22/h3-6,9-10,13,15,17-18,21H,7-8,11-12,14H2,1-2H3,(H,27,30)(H,29,31)/t15-,17-,18-,21+/m0/s1. The molecule has 172 valence electrons. The number of aryl methyl sites for hydroxylation is 1. The van der Waals surface area contributed by atoms with Crippen molar-refractivity contribution < 1.29 is 9.59 Å². The van der Waals surface area contributed by atoms with Gasteiger partial charge in [-0.25, -0.2) is 4.98 Å². The predicted octanol–water partition coefficient (Wildman–Crippen LogP) is 5.89. The van der Waals surface area contributed by atoms with Gasteiger partial charge in [-0.2, -0.15) is 0 Å². The Morgan fingerprint density at radius 2 is 2.03 bits per heavy atom. The molecule has 4 atom stereocenters. The van der Waals surface area contributed by atoms with Gasteiger partial charge in [-0.15, -0.1) is 23.1 Å². The molecule has 0 saturated heterocycles. The van der Waals surface area contributed by atoms with Crippen LogP contribution in [0.2, 0.25) is 0 Å². The molecule has 3 aromatic rings. The van der Waals surface area contributed by atoms with Crippen molar-refractivity contribution in [2.45, 2.75) is 50.5 Å². The fourth-order valence-corrected chi connectivity index (χ4v) is 7.28. The molecule has 0 unspecified atom stereocenters. The lowest BCUT2D eigenvalue weighted by molar-refractivity contribution is -0.119. The Bertz CT molecular complexity index is 1190. The van der Waals surface area contributed by atoms with Crippen molar-refractivity contribution in [1.29, 1.82) is 0 Å². The molecule has 1 aromatic heterocycles. The van der Waals surface area contributed by atoms with Crippen LogP contribution in [0, 0.1) is 24.7 Å². The molecule has 2 fully saturated rings. The first kappa shape index (κ1) is 22.4. The number of hydrogen-bond acceptors (Lipinski definition) is 5. The third-order valence-electron chi connectivity index (χ3n) is 7.07. The quantitative estimate of drug-likeness (QED) is 0.415. The Hall–Kier alpha value is -2.38. The summed E-state index contributed by atoms with van der Waals surface area (Å²) in [6.07, 6.45) is 5.30. The highest BCUT2D eigenvalue weighted by Gasteiger charge is 2.42. The molecular formula is C26H29N3O2S2. The van der Waals surface area contributed by atoms with Crippen LogP contribution in [0.3, 0.4) is 0 Å². The topological polar surface area (TPSA) is 71.1 Å². The van der Waals surface area contributed by atoms with Gasteiger partial charge < -0.3 is 10.6 Å². The molecule has 33 heavy (non-hydrogen) atoms. The van der Waals surface area contributed by atoms with E-state index in [1.54, 1.807) is 11.3 Å². The van der Waals surface area contributed by atoms with Crippen molar-refractivity contribution in [3.8, 4) is 0 Å². The number of rotatable bonds is 7. The number of aromatic nitrogens is 1. The summed E-state index contributed by atoms with van der Waals surface area (Å²) in [5, 5.41) is 7.22. The summed E-state index contributed by atoms with van der Waals surface area (Å²) in [7, 11) is 0. The molecular weight excluding hydrogens is 450 g/mol. The molecule has 5 rings (SSSR count). The molecule has 2 amide bonds. The first-order chi connectivity index (χ1) is 16.0. The minimum Gasteiger partial charge on any atom is -0.353 e. The number of nitrogens with zero attached hydrogens (tertiary/aromatic N) is 1. The second-order valence-electron chi connectivity index (χ2n) is 9.35. The van der Waals surface area contributed by atoms with Crippen LogP contribution in [0.1, 0.15) is 48.0 Å². The van der Waals surface area contributed by atoms with E-state index in [0.717, 1.165) is 37.6 Å². The normalized spacial score (nSPS) is 22.4. The van der Waals surface area contributed by atoms with Crippen molar-refractivity contribution in [3.05, 3.63) is 53.0 Å². The highest BCUT2D eigenvalue weighted by Crippen LogP contribution is 2.49. The molecule has 0 aliphatic heterocycles. The number of thioether (sulfide) groups is 1. The van der Waals surface area contributed by atoms with Gasteiger partial charge in [-0.1, -0.05) is 18.6 Å². The van der Waals surface area contributed by atoms with Crippen LogP contribution >= 0.6 is 23.1 Å². The predicted molar refractivity (Wildman–Crippen MR) is 136 cm³/mol. The number of carbonyl (C=O) groups is 2. The van der Waals surface area contributed by atoms with E-state index in [2.05, 4.69) is 22.5 Å². The molecule has 0 spiro atoms. The number of anilines is 1. The van der Waals surface area contributed by atoms with E-state index in [4.69, 9.17) is 0 Å². The summed E-state index contributed by atoms with van der Waals surface area (Å²) in [5.74, 6) is 2.46. The zero-order chi connectivity index (χ0) is 22.9. The smallest absolute Gasteiger partial charge is 0.256 e. The van der Waals surface area contributed by atoms with Gasteiger partial charge in [0.05, 0.1) is 26.5 Å². The van der Waals surface area contributed by atoms with Crippen LogP contribution in [0.4, 0.5) is 5.69 Å². The number of fused-ring (bicyclic) bond motifs is 3. The zero-order valence-corrected chi connectivity index (χ0v) is 20.6. The summed E-state index contributed by atoms with van der Waals surface area (Å²) < 4.78 is 1.05. The Kier molecular flexibility index (Phi) is 6.43.